The Morgan fingerprint density at radius 3 is 2.73 bits per heavy atom. The van der Waals surface area contributed by atoms with E-state index < -0.39 is 0 Å². The Bertz CT molecular complexity index is 461. The lowest BCUT2D eigenvalue weighted by Gasteiger charge is -2.14. The van der Waals surface area contributed by atoms with E-state index in [0.717, 1.165) is 16.8 Å². The maximum Gasteiger partial charge on any atom is 0.0946 e. The van der Waals surface area contributed by atoms with Crippen LogP contribution in [0.1, 0.15) is 22.9 Å². The monoisotopic (exact) mass is 202 g/mol. The van der Waals surface area contributed by atoms with Gasteiger partial charge in [-0.15, -0.1) is 0 Å². The maximum absolute atomic E-state index is 6.16. The van der Waals surface area contributed by atoms with Crippen molar-refractivity contribution in [3.05, 3.63) is 47.8 Å². The zero-order valence-corrected chi connectivity index (χ0v) is 8.88. The molecule has 0 amide bonds. The number of aryl methyl sites for hydroxylation is 2. The van der Waals surface area contributed by atoms with Crippen molar-refractivity contribution in [2.45, 2.75) is 13.0 Å². The number of rotatable bonds is 2. The van der Waals surface area contributed by atoms with E-state index in [1.165, 1.54) is 0 Å². The number of nitrogens with two attached hydrogens (primary N) is 1. The maximum atomic E-state index is 6.16. The fourth-order valence-electron chi connectivity index (χ4n) is 1.63. The summed E-state index contributed by atoms with van der Waals surface area (Å²) in [6.07, 6.45) is 7.12. The van der Waals surface area contributed by atoms with Crippen LogP contribution in [0, 0.1) is 6.92 Å². The lowest BCUT2D eigenvalue weighted by atomic mass is 10.0. The highest BCUT2D eigenvalue weighted by Gasteiger charge is 2.14. The van der Waals surface area contributed by atoms with Gasteiger partial charge in [-0.3, -0.25) is 4.98 Å². The van der Waals surface area contributed by atoms with Gasteiger partial charge < -0.3 is 10.3 Å². The molecule has 2 aromatic heterocycles. The van der Waals surface area contributed by atoms with Crippen molar-refractivity contribution in [3.8, 4) is 0 Å². The largest absolute Gasteiger partial charge is 0.336 e. The summed E-state index contributed by atoms with van der Waals surface area (Å²) in [6, 6.07) is 1.80. The van der Waals surface area contributed by atoms with Gasteiger partial charge in [-0.1, -0.05) is 0 Å². The zero-order valence-electron chi connectivity index (χ0n) is 8.88. The molecule has 0 radical (unpaired) electrons. The highest BCUT2D eigenvalue weighted by molar-refractivity contribution is 5.30. The van der Waals surface area contributed by atoms with E-state index in [2.05, 4.69) is 9.97 Å². The van der Waals surface area contributed by atoms with Crippen molar-refractivity contribution in [3.63, 3.8) is 0 Å². The molecule has 2 N–H and O–H groups in total. The van der Waals surface area contributed by atoms with Crippen LogP contribution < -0.4 is 5.73 Å². The van der Waals surface area contributed by atoms with Crippen molar-refractivity contribution in [2.24, 2.45) is 12.8 Å². The van der Waals surface area contributed by atoms with Gasteiger partial charge in [0.05, 0.1) is 24.3 Å². The summed E-state index contributed by atoms with van der Waals surface area (Å²) in [4.78, 5) is 8.16. The first-order chi connectivity index (χ1) is 7.20. The third-order valence-electron chi connectivity index (χ3n) is 2.59. The van der Waals surface area contributed by atoms with Crippen LogP contribution in [0.4, 0.5) is 0 Å². The highest BCUT2D eigenvalue weighted by Crippen LogP contribution is 2.20. The van der Waals surface area contributed by atoms with Gasteiger partial charge in [-0.05, 0) is 24.1 Å². The van der Waals surface area contributed by atoms with E-state index in [-0.39, 0.29) is 6.04 Å². The summed E-state index contributed by atoms with van der Waals surface area (Å²) in [6.45, 7) is 2.03. The van der Waals surface area contributed by atoms with Crippen molar-refractivity contribution in [1.82, 2.24) is 14.5 Å². The van der Waals surface area contributed by atoms with E-state index in [1.807, 2.05) is 30.8 Å². The Kier molecular flexibility index (Phi) is 2.51. The Hall–Kier alpha value is -1.68. The van der Waals surface area contributed by atoms with Gasteiger partial charge >= 0.3 is 0 Å². The second-order valence-electron chi connectivity index (χ2n) is 3.64. The quantitative estimate of drug-likeness (QED) is 0.795. The number of pyridine rings is 1. The Morgan fingerprint density at radius 2 is 2.13 bits per heavy atom. The number of aromatic nitrogens is 3. The van der Waals surface area contributed by atoms with Gasteiger partial charge in [0.2, 0.25) is 0 Å². The normalized spacial score (nSPS) is 12.7. The van der Waals surface area contributed by atoms with Crippen LogP contribution >= 0.6 is 0 Å². The van der Waals surface area contributed by atoms with Gasteiger partial charge in [0.15, 0.2) is 0 Å². The standard InChI is InChI=1S/C11H14N4/c1-8-3-4-13-5-9(8)11(12)10-6-14-7-15(10)2/h3-7,11H,12H2,1-2H3. The molecule has 1 atom stereocenters. The van der Waals surface area contributed by atoms with Crippen molar-refractivity contribution < 1.29 is 0 Å². The summed E-state index contributed by atoms with van der Waals surface area (Å²) in [5, 5.41) is 0. The summed E-state index contributed by atoms with van der Waals surface area (Å²) < 4.78 is 1.93. The number of imidazole rings is 1. The molecule has 0 aromatic carbocycles. The first-order valence-corrected chi connectivity index (χ1v) is 4.82. The number of hydrogen-bond acceptors (Lipinski definition) is 3. The van der Waals surface area contributed by atoms with Crippen LogP contribution in [0.2, 0.25) is 0 Å². The summed E-state index contributed by atoms with van der Waals surface area (Å²) in [7, 11) is 1.94. The molecule has 0 saturated heterocycles. The van der Waals surface area contributed by atoms with Gasteiger partial charge in [0.25, 0.3) is 0 Å². The third-order valence-corrected chi connectivity index (χ3v) is 2.59. The van der Waals surface area contributed by atoms with Crippen LogP contribution in [-0.2, 0) is 7.05 Å². The van der Waals surface area contributed by atoms with E-state index in [4.69, 9.17) is 5.73 Å². The molecule has 4 heteroatoms. The molecule has 0 fully saturated rings. The molecule has 2 aromatic rings. The highest BCUT2D eigenvalue weighted by atomic mass is 15.0. The smallest absolute Gasteiger partial charge is 0.0946 e. The van der Waals surface area contributed by atoms with Crippen LogP contribution in [0.3, 0.4) is 0 Å². The topological polar surface area (TPSA) is 56.7 Å². The van der Waals surface area contributed by atoms with E-state index in [9.17, 15) is 0 Å². The van der Waals surface area contributed by atoms with Crippen LogP contribution in [0.25, 0.3) is 0 Å². The third kappa shape index (κ3) is 1.76. The minimum absolute atomic E-state index is 0.161. The van der Waals surface area contributed by atoms with Crippen molar-refractivity contribution >= 4 is 0 Å². The predicted octanol–water partition coefficient (Wildman–Crippen LogP) is 1.17. The molecule has 1 unspecified atom stereocenters. The Labute approximate surface area is 88.8 Å². The first-order valence-electron chi connectivity index (χ1n) is 4.82. The lowest BCUT2D eigenvalue weighted by molar-refractivity contribution is 0.739. The molecule has 15 heavy (non-hydrogen) atoms. The second-order valence-corrected chi connectivity index (χ2v) is 3.64. The summed E-state index contributed by atoms with van der Waals surface area (Å²) in [5.41, 5.74) is 9.35. The SMILES string of the molecule is Cc1ccncc1C(N)c1cncn1C. The van der Waals surface area contributed by atoms with Gasteiger partial charge in [0, 0.05) is 19.4 Å². The molecule has 0 aliphatic carbocycles. The summed E-state index contributed by atoms with van der Waals surface area (Å²) >= 11 is 0. The predicted molar refractivity (Wildman–Crippen MR) is 58.2 cm³/mol. The minimum atomic E-state index is -0.161. The zero-order chi connectivity index (χ0) is 10.8. The molecular formula is C11H14N4. The van der Waals surface area contributed by atoms with Gasteiger partial charge in [-0.2, -0.15) is 0 Å². The molecule has 0 aliphatic rings. The molecule has 2 rings (SSSR count). The molecule has 0 saturated carbocycles. The van der Waals surface area contributed by atoms with E-state index in [0.29, 0.717) is 0 Å². The Morgan fingerprint density at radius 1 is 1.33 bits per heavy atom. The second kappa shape index (κ2) is 3.82. The fourth-order valence-corrected chi connectivity index (χ4v) is 1.63. The molecule has 2 heterocycles. The van der Waals surface area contributed by atoms with Crippen LogP contribution in [0.5, 0.6) is 0 Å². The average molecular weight is 202 g/mol. The molecule has 0 spiro atoms. The van der Waals surface area contributed by atoms with E-state index in [1.54, 1.807) is 18.7 Å². The van der Waals surface area contributed by atoms with Crippen molar-refractivity contribution in [2.75, 3.05) is 0 Å². The van der Waals surface area contributed by atoms with Crippen LogP contribution in [0.15, 0.2) is 31.0 Å². The number of hydrogen-bond donors (Lipinski definition) is 1. The van der Waals surface area contributed by atoms with Crippen LogP contribution in [-0.4, -0.2) is 14.5 Å². The average Bonchev–Trinajstić information content (AvgIpc) is 2.64. The van der Waals surface area contributed by atoms with Gasteiger partial charge in [-0.25, -0.2) is 4.98 Å². The number of nitrogens with zero attached hydrogens (tertiary/aromatic N) is 3. The molecule has 4 nitrogen and oxygen atoms in total. The molecule has 0 aliphatic heterocycles. The molecule has 0 bridgehead atoms. The summed E-state index contributed by atoms with van der Waals surface area (Å²) in [5.74, 6) is 0. The van der Waals surface area contributed by atoms with Gasteiger partial charge in [0.1, 0.15) is 0 Å². The Balaban J connectivity index is 2.41. The van der Waals surface area contributed by atoms with Crippen molar-refractivity contribution in [1.29, 1.82) is 0 Å². The molecular weight excluding hydrogens is 188 g/mol. The van der Waals surface area contributed by atoms with E-state index >= 15 is 0 Å². The fraction of sp³-hybridized carbons (Fsp3) is 0.273. The minimum Gasteiger partial charge on any atom is -0.336 e. The first kappa shape index (κ1) is 9.86. The molecule has 78 valence electrons. The lowest BCUT2D eigenvalue weighted by Crippen LogP contribution is -2.16.